The van der Waals surface area contributed by atoms with Crippen LogP contribution < -0.4 is 5.32 Å². The van der Waals surface area contributed by atoms with Crippen molar-refractivity contribution in [2.45, 2.75) is 6.67 Å². The molecule has 0 atom stereocenters. The Labute approximate surface area is 121 Å². The van der Waals surface area contributed by atoms with Gasteiger partial charge in [0.1, 0.15) is 18.3 Å². The van der Waals surface area contributed by atoms with Crippen LogP contribution in [0.1, 0.15) is 5.82 Å². The number of aromatic nitrogens is 4. The van der Waals surface area contributed by atoms with Crippen molar-refractivity contribution in [3.8, 4) is 11.4 Å². The van der Waals surface area contributed by atoms with E-state index in [0.717, 1.165) is 5.56 Å². The third-order valence-corrected chi connectivity index (χ3v) is 2.77. The van der Waals surface area contributed by atoms with Crippen molar-refractivity contribution in [1.29, 1.82) is 0 Å². The maximum absolute atomic E-state index is 12.6. The van der Waals surface area contributed by atoms with Crippen LogP contribution in [-0.2, 0) is 6.67 Å². The van der Waals surface area contributed by atoms with Gasteiger partial charge in [-0.1, -0.05) is 30.3 Å². The molecule has 0 saturated carbocycles. The number of nitrogens with one attached hydrogen (secondary N) is 1. The molecule has 0 spiro atoms. The Morgan fingerprint density at radius 2 is 1.57 bits per heavy atom. The first-order valence-electron chi connectivity index (χ1n) is 6.38. The highest BCUT2D eigenvalue weighted by atomic mass is 19.1. The van der Waals surface area contributed by atoms with E-state index < -0.39 is 6.67 Å². The second-order valence-corrected chi connectivity index (χ2v) is 4.25. The minimum Gasteiger partial charge on any atom is -0.325 e. The number of rotatable bonds is 4. The van der Waals surface area contributed by atoms with Crippen molar-refractivity contribution in [2.75, 3.05) is 5.32 Å². The second kappa shape index (κ2) is 6.04. The minimum absolute atomic E-state index is 0.136. The van der Waals surface area contributed by atoms with Crippen molar-refractivity contribution in [2.24, 2.45) is 0 Å². The summed E-state index contributed by atoms with van der Waals surface area (Å²) >= 11 is 0. The summed E-state index contributed by atoms with van der Waals surface area (Å²) in [4.78, 5) is 16.5. The third kappa shape index (κ3) is 3.17. The lowest BCUT2D eigenvalue weighted by Crippen LogP contribution is -2.01. The van der Waals surface area contributed by atoms with Gasteiger partial charge < -0.3 is 5.32 Å². The Morgan fingerprint density at radius 3 is 2.33 bits per heavy atom. The molecule has 104 valence electrons. The van der Waals surface area contributed by atoms with E-state index in [0.29, 0.717) is 17.5 Å². The average molecular weight is 281 g/mol. The Kier molecular flexibility index (Phi) is 3.77. The summed E-state index contributed by atoms with van der Waals surface area (Å²) < 4.78 is 12.6. The van der Waals surface area contributed by atoms with Gasteiger partial charge in [-0.3, -0.25) is 0 Å². The highest BCUT2D eigenvalue weighted by molar-refractivity contribution is 5.59. The van der Waals surface area contributed by atoms with E-state index in [9.17, 15) is 4.39 Å². The van der Waals surface area contributed by atoms with Crippen LogP contribution in [0.3, 0.4) is 0 Å². The van der Waals surface area contributed by atoms with E-state index in [-0.39, 0.29) is 5.82 Å². The molecule has 3 aromatic rings. The van der Waals surface area contributed by atoms with Crippen molar-refractivity contribution in [3.63, 3.8) is 0 Å². The van der Waals surface area contributed by atoms with Crippen LogP contribution in [0.25, 0.3) is 11.4 Å². The minimum atomic E-state index is -0.700. The summed E-state index contributed by atoms with van der Waals surface area (Å²) in [5, 5.41) is 3.02. The highest BCUT2D eigenvalue weighted by Gasteiger charge is 2.04. The first kappa shape index (κ1) is 13.1. The maximum atomic E-state index is 12.6. The van der Waals surface area contributed by atoms with E-state index >= 15 is 0 Å². The predicted octanol–water partition coefficient (Wildman–Crippen LogP) is 3.15. The summed E-state index contributed by atoms with van der Waals surface area (Å²) in [6.07, 6.45) is 3.17. The Morgan fingerprint density at radius 1 is 0.857 bits per heavy atom. The SMILES string of the molecule is FCc1nccc(Nc2ccnc(-c3ccccc3)n2)n1. The molecule has 0 aliphatic carbocycles. The van der Waals surface area contributed by atoms with Crippen molar-refractivity contribution < 1.29 is 4.39 Å². The number of halogens is 1. The first-order valence-corrected chi connectivity index (χ1v) is 6.38. The highest BCUT2D eigenvalue weighted by Crippen LogP contribution is 2.17. The lowest BCUT2D eigenvalue weighted by molar-refractivity contribution is 0.465. The summed E-state index contributed by atoms with van der Waals surface area (Å²) in [6, 6.07) is 13.0. The van der Waals surface area contributed by atoms with Gasteiger partial charge >= 0.3 is 0 Å². The molecule has 3 rings (SSSR count). The molecule has 1 aromatic carbocycles. The molecule has 0 aliphatic heterocycles. The molecule has 0 bridgehead atoms. The summed E-state index contributed by atoms with van der Waals surface area (Å²) in [5.74, 6) is 1.83. The van der Waals surface area contributed by atoms with Gasteiger partial charge in [-0.15, -0.1) is 0 Å². The number of nitrogens with zero attached hydrogens (tertiary/aromatic N) is 4. The Hall–Kier alpha value is -2.89. The van der Waals surface area contributed by atoms with Crippen LogP contribution in [0, 0.1) is 0 Å². The summed E-state index contributed by atoms with van der Waals surface area (Å²) in [6.45, 7) is -0.700. The molecule has 0 saturated heterocycles. The van der Waals surface area contributed by atoms with E-state index in [1.165, 1.54) is 6.20 Å². The summed E-state index contributed by atoms with van der Waals surface area (Å²) in [7, 11) is 0. The van der Waals surface area contributed by atoms with Gasteiger partial charge in [-0.25, -0.2) is 24.3 Å². The molecule has 0 aliphatic rings. The monoisotopic (exact) mass is 281 g/mol. The molecule has 0 fully saturated rings. The number of hydrogen-bond donors (Lipinski definition) is 1. The largest absolute Gasteiger partial charge is 0.325 e. The molecular formula is C15H12FN5. The van der Waals surface area contributed by atoms with Crippen LogP contribution in [0.5, 0.6) is 0 Å². The van der Waals surface area contributed by atoms with E-state index in [1.807, 2.05) is 30.3 Å². The fourth-order valence-electron chi connectivity index (χ4n) is 1.82. The Balaban J connectivity index is 1.86. The van der Waals surface area contributed by atoms with Gasteiger partial charge in [-0.2, -0.15) is 0 Å². The molecule has 0 amide bonds. The van der Waals surface area contributed by atoms with Gasteiger partial charge in [-0.05, 0) is 12.1 Å². The average Bonchev–Trinajstić information content (AvgIpc) is 2.56. The van der Waals surface area contributed by atoms with Crippen LogP contribution in [0.15, 0.2) is 54.9 Å². The molecule has 5 nitrogen and oxygen atoms in total. The third-order valence-electron chi connectivity index (χ3n) is 2.77. The molecule has 2 heterocycles. The molecule has 2 aromatic heterocycles. The Bertz CT molecular complexity index is 733. The quantitative estimate of drug-likeness (QED) is 0.796. The van der Waals surface area contributed by atoms with Crippen molar-refractivity contribution in [3.05, 3.63) is 60.7 Å². The number of benzene rings is 1. The van der Waals surface area contributed by atoms with Gasteiger partial charge in [0, 0.05) is 18.0 Å². The lowest BCUT2D eigenvalue weighted by Gasteiger charge is -2.06. The van der Waals surface area contributed by atoms with Crippen LogP contribution in [-0.4, -0.2) is 19.9 Å². The molecule has 1 N–H and O–H groups in total. The smallest absolute Gasteiger partial charge is 0.161 e. The van der Waals surface area contributed by atoms with Crippen LogP contribution in [0.2, 0.25) is 0 Å². The topological polar surface area (TPSA) is 63.6 Å². The van der Waals surface area contributed by atoms with Crippen molar-refractivity contribution in [1.82, 2.24) is 19.9 Å². The van der Waals surface area contributed by atoms with Gasteiger partial charge in [0.05, 0.1) is 0 Å². The van der Waals surface area contributed by atoms with E-state index in [4.69, 9.17) is 0 Å². The first-order chi connectivity index (χ1) is 10.3. The predicted molar refractivity (Wildman–Crippen MR) is 77.6 cm³/mol. The maximum Gasteiger partial charge on any atom is 0.161 e. The van der Waals surface area contributed by atoms with Gasteiger partial charge in [0.25, 0.3) is 0 Å². The molecule has 0 unspecified atom stereocenters. The zero-order chi connectivity index (χ0) is 14.5. The normalized spacial score (nSPS) is 10.3. The molecule has 21 heavy (non-hydrogen) atoms. The standard InChI is InChI=1S/C15H12FN5/c16-10-14-17-8-6-12(20-14)19-13-7-9-18-15(21-13)11-4-2-1-3-5-11/h1-9H,10H2,(H,17,18,19,20,21). The molecular weight excluding hydrogens is 269 g/mol. The number of hydrogen-bond acceptors (Lipinski definition) is 5. The van der Waals surface area contributed by atoms with Crippen LogP contribution >= 0.6 is 0 Å². The lowest BCUT2D eigenvalue weighted by atomic mass is 10.2. The molecule has 6 heteroatoms. The van der Waals surface area contributed by atoms with Gasteiger partial charge in [0.15, 0.2) is 11.6 Å². The molecule has 0 radical (unpaired) electrons. The van der Waals surface area contributed by atoms with Crippen molar-refractivity contribution >= 4 is 11.6 Å². The van der Waals surface area contributed by atoms with Gasteiger partial charge in [0.2, 0.25) is 0 Å². The fourth-order valence-corrected chi connectivity index (χ4v) is 1.82. The zero-order valence-electron chi connectivity index (χ0n) is 11.1. The van der Waals surface area contributed by atoms with Crippen LogP contribution in [0.4, 0.5) is 16.0 Å². The summed E-state index contributed by atoms with van der Waals surface area (Å²) in [5.41, 5.74) is 0.924. The number of alkyl halides is 1. The zero-order valence-corrected chi connectivity index (χ0v) is 11.1. The number of anilines is 2. The van der Waals surface area contributed by atoms with E-state index in [2.05, 4.69) is 25.3 Å². The second-order valence-electron chi connectivity index (χ2n) is 4.25. The van der Waals surface area contributed by atoms with E-state index in [1.54, 1.807) is 18.3 Å². The fraction of sp³-hybridized carbons (Fsp3) is 0.0667.